The van der Waals surface area contributed by atoms with E-state index in [2.05, 4.69) is 16.7 Å². The van der Waals surface area contributed by atoms with E-state index >= 15 is 0 Å². The van der Waals surface area contributed by atoms with Gasteiger partial charge in [0.05, 0.1) is 13.2 Å². The Labute approximate surface area is 110 Å². The molecule has 0 aromatic rings. The van der Waals surface area contributed by atoms with Crippen molar-refractivity contribution in [3.8, 4) is 0 Å². The van der Waals surface area contributed by atoms with E-state index in [1.165, 1.54) is 32.4 Å². The molecule has 2 heterocycles. The van der Waals surface area contributed by atoms with Gasteiger partial charge < -0.3 is 4.74 Å². The molecule has 104 valence electrons. The van der Waals surface area contributed by atoms with Gasteiger partial charge >= 0.3 is 5.97 Å². The van der Waals surface area contributed by atoms with Crippen LogP contribution in [0.3, 0.4) is 0 Å². The highest BCUT2D eigenvalue weighted by Gasteiger charge is 2.30. The highest BCUT2D eigenvalue weighted by molar-refractivity contribution is 5.71. The third-order valence-corrected chi connectivity index (χ3v) is 4.02. The number of carbonyl (C=O) groups is 1. The Bertz CT molecular complexity index is 265. The Morgan fingerprint density at radius 2 is 2.06 bits per heavy atom. The summed E-state index contributed by atoms with van der Waals surface area (Å²) in [6.45, 7) is 7.76. The number of esters is 1. The Kier molecular flexibility index (Phi) is 5.45. The zero-order chi connectivity index (χ0) is 12.8. The molecule has 0 aromatic carbocycles. The standard InChI is InChI=1S/C14H26N2O2/c1-2-3-10-18-14(17)12-15-9-6-13(11-15)16-7-4-5-8-16/h13H,2-12H2,1H3. The lowest BCUT2D eigenvalue weighted by atomic mass is 10.2. The summed E-state index contributed by atoms with van der Waals surface area (Å²) in [5.74, 6) is -0.0504. The Morgan fingerprint density at radius 1 is 1.28 bits per heavy atom. The summed E-state index contributed by atoms with van der Waals surface area (Å²) >= 11 is 0. The number of hydrogen-bond acceptors (Lipinski definition) is 4. The zero-order valence-corrected chi connectivity index (χ0v) is 11.6. The first-order valence-electron chi connectivity index (χ1n) is 7.41. The molecule has 4 nitrogen and oxygen atoms in total. The molecule has 0 amide bonds. The summed E-state index contributed by atoms with van der Waals surface area (Å²) in [5.41, 5.74) is 0. The fourth-order valence-corrected chi connectivity index (χ4v) is 2.92. The number of unbranched alkanes of at least 4 members (excludes halogenated alkanes) is 1. The van der Waals surface area contributed by atoms with Crippen LogP contribution < -0.4 is 0 Å². The van der Waals surface area contributed by atoms with Crippen LogP contribution in [0, 0.1) is 0 Å². The minimum absolute atomic E-state index is 0.0504. The van der Waals surface area contributed by atoms with Gasteiger partial charge in [0.1, 0.15) is 0 Å². The Morgan fingerprint density at radius 3 is 2.78 bits per heavy atom. The molecule has 0 aromatic heterocycles. The first-order chi connectivity index (χ1) is 8.79. The van der Waals surface area contributed by atoms with Gasteiger partial charge in [-0.2, -0.15) is 0 Å². The van der Waals surface area contributed by atoms with E-state index in [9.17, 15) is 4.79 Å². The fourth-order valence-electron chi connectivity index (χ4n) is 2.92. The van der Waals surface area contributed by atoms with Crippen molar-refractivity contribution in [2.24, 2.45) is 0 Å². The summed E-state index contributed by atoms with van der Waals surface area (Å²) < 4.78 is 5.21. The van der Waals surface area contributed by atoms with E-state index < -0.39 is 0 Å². The molecule has 2 rings (SSSR count). The summed E-state index contributed by atoms with van der Waals surface area (Å²) in [6, 6.07) is 0.677. The normalized spacial score (nSPS) is 25.7. The van der Waals surface area contributed by atoms with Crippen LogP contribution in [-0.4, -0.2) is 61.1 Å². The summed E-state index contributed by atoms with van der Waals surface area (Å²) in [4.78, 5) is 16.5. The van der Waals surface area contributed by atoms with Gasteiger partial charge in [-0.15, -0.1) is 0 Å². The summed E-state index contributed by atoms with van der Waals surface area (Å²) in [5, 5.41) is 0. The smallest absolute Gasteiger partial charge is 0.320 e. The molecule has 1 atom stereocenters. The van der Waals surface area contributed by atoms with Crippen LogP contribution in [0.15, 0.2) is 0 Å². The molecule has 2 aliphatic heterocycles. The first-order valence-corrected chi connectivity index (χ1v) is 7.41. The monoisotopic (exact) mass is 254 g/mol. The van der Waals surface area contributed by atoms with Crippen LogP contribution in [-0.2, 0) is 9.53 Å². The highest BCUT2D eigenvalue weighted by Crippen LogP contribution is 2.20. The summed E-state index contributed by atoms with van der Waals surface area (Å²) in [7, 11) is 0. The average Bonchev–Trinajstić information content (AvgIpc) is 2.98. The lowest BCUT2D eigenvalue weighted by Crippen LogP contribution is -2.36. The highest BCUT2D eigenvalue weighted by atomic mass is 16.5. The molecule has 0 N–H and O–H groups in total. The SMILES string of the molecule is CCCCOC(=O)CN1CCC(N2CCCC2)C1. The van der Waals surface area contributed by atoms with E-state index in [-0.39, 0.29) is 5.97 Å². The predicted molar refractivity (Wildman–Crippen MR) is 71.5 cm³/mol. The number of likely N-dealkylation sites (tertiary alicyclic amines) is 2. The van der Waals surface area contributed by atoms with Crippen molar-refractivity contribution in [2.75, 3.05) is 39.3 Å². The van der Waals surface area contributed by atoms with Crippen LogP contribution >= 0.6 is 0 Å². The number of carbonyl (C=O) groups excluding carboxylic acids is 1. The number of nitrogens with zero attached hydrogens (tertiary/aromatic N) is 2. The van der Waals surface area contributed by atoms with Gasteiger partial charge in [-0.25, -0.2) is 0 Å². The van der Waals surface area contributed by atoms with Crippen molar-refractivity contribution in [2.45, 2.75) is 45.1 Å². The minimum Gasteiger partial charge on any atom is -0.465 e. The third kappa shape index (κ3) is 3.95. The number of rotatable bonds is 6. The van der Waals surface area contributed by atoms with E-state index in [1.54, 1.807) is 0 Å². The fraction of sp³-hybridized carbons (Fsp3) is 0.929. The van der Waals surface area contributed by atoms with Crippen LogP contribution in [0.5, 0.6) is 0 Å². The number of hydrogen-bond donors (Lipinski definition) is 0. The maximum Gasteiger partial charge on any atom is 0.320 e. The Balaban J connectivity index is 1.64. The second-order valence-electron chi connectivity index (χ2n) is 5.49. The molecule has 1 unspecified atom stereocenters. The molecule has 0 spiro atoms. The van der Waals surface area contributed by atoms with E-state index in [0.717, 1.165) is 25.9 Å². The van der Waals surface area contributed by atoms with Crippen molar-refractivity contribution in [3.05, 3.63) is 0 Å². The molecular weight excluding hydrogens is 228 g/mol. The molecule has 0 radical (unpaired) electrons. The molecule has 4 heteroatoms. The van der Waals surface area contributed by atoms with Gasteiger partial charge in [-0.1, -0.05) is 13.3 Å². The zero-order valence-electron chi connectivity index (χ0n) is 11.6. The van der Waals surface area contributed by atoms with Crippen LogP contribution in [0.4, 0.5) is 0 Å². The molecule has 0 aliphatic carbocycles. The van der Waals surface area contributed by atoms with E-state index in [1.807, 2.05) is 0 Å². The van der Waals surface area contributed by atoms with Gasteiger partial charge in [0, 0.05) is 19.1 Å². The maximum absolute atomic E-state index is 11.6. The van der Waals surface area contributed by atoms with Gasteiger partial charge in [0.15, 0.2) is 0 Å². The second-order valence-corrected chi connectivity index (χ2v) is 5.49. The van der Waals surface area contributed by atoms with Gasteiger partial charge in [0.25, 0.3) is 0 Å². The molecule has 0 bridgehead atoms. The van der Waals surface area contributed by atoms with Crippen LogP contribution in [0.1, 0.15) is 39.0 Å². The van der Waals surface area contributed by atoms with Crippen molar-refractivity contribution in [1.29, 1.82) is 0 Å². The van der Waals surface area contributed by atoms with Gasteiger partial charge in [-0.05, 0) is 38.8 Å². The molecule has 2 fully saturated rings. The lowest BCUT2D eigenvalue weighted by molar-refractivity contribution is -0.144. The molecule has 0 saturated carbocycles. The second kappa shape index (κ2) is 7.10. The van der Waals surface area contributed by atoms with Crippen LogP contribution in [0.2, 0.25) is 0 Å². The van der Waals surface area contributed by atoms with E-state index in [4.69, 9.17) is 4.74 Å². The quantitative estimate of drug-likeness (QED) is 0.531. The van der Waals surface area contributed by atoms with Gasteiger partial charge in [-0.3, -0.25) is 14.6 Å². The molecular formula is C14H26N2O2. The average molecular weight is 254 g/mol. The molecule has 2 aliphatic rings. The van der Waals surface area contributed by atoms with Crippen molar-refractivity contribution in [1.82, 2.24) is 9.80 Å². The lowest BCUT2D eigenvalue weighted by Gasteiger charge is -2.23. The first kappa shape index (κ1) is 13.8. The van der Waals surface area contributed by atoms with E-state index in [0.29, 0.717) is 19.2 Å². The Hall–Kier alpha value is -0.610. The van der Waals surface area contributed by atoms with Crippen LogP contribution in [0.25, 0.3) is 0 Å². The van der Waals surface area contributed by atoms with Crippen molar-refractivity contribution < 1.29 is 9.53 Å². The molecule has 18 heavy (non-hydrogen) atoms. The minimum atomic E-state index is -0.0504. The van der Waals surface area contributed by atoms with Crippen molar-refractivity contribution in [3.63, 3.8) is 0 Å². The molecule has 2 saturated heterocycles. The summed E-state index contributed by atoms with van der Waals surface area (Å²) in [6.07, 6.45) is 5.95. The topological polar surface area (TPSA) is 32.8 Å². The largest absolute Gasteiger partial charge is 0.465 e. The maximum atomic E-state index is 11.6. The van der Waals surface area contributed by atoms with Gasteiger partial charge in [0.2, 0.25) is 0 Å². The third-order valence-electron chi connectivity index (χ3n) is 4.02. The predicted octanol–water partition coefficient (Wildman–Crippen LogP) is 1.50. The van der Waals surface area contributed by atoms with Crippen molar-refractivity contribution >= 4 is 5.97 Å². The number of ether oxygens (including phenoxy) is 1.